The molecule has 0 atom stereocenters. The van der Waals surface area contributed by atoms with Crippen molar-refractivity contribution in [3.05, 3.63) is 52.9 Å². The molecule has 0 aliphatic rings. The molecule has 176 valence electrons. The number of nitrogens with one attached hydrogen (secondary N) is 2. The first-order valence-corrected chi connectivity index (χ1v) is 12.5. The molecule has 0 spiro atoms. The molecular formula is C23H26N2O6S2. The molecule has 1 amide bonds. The van der Waals surface area contributed by atoms with Crippen molar-refractivity contribution < 1.29 is 27.5 Å². The second-order valence-corrected chi connectivity index (χ2v) is 11.0. The molecule has 3 aromatic rings. The van der Waals surface area contributed by atoms with Gasteiger partial charge in [-0.1, -0.05) is 0 Å². The maximum absolute atomic E-state index is 12.9. The van der Waals surface area contributed by atoms with Crippen molar-refractivity contribution in [3.8, 4) is 5.75 Å². The van der Waals surface area contributed by atoms with Gasteiger partial charge in [0.1, 0.15) is 15.5 Å². The number of thiophene rings is 1. The molecule has 0 unspecified atom stereocenters. The summed E-state index contributed by atoms with van der Waals surface area (Å²) in [5, 5.41) is 3.56. The first-order valence-electron chi connectivity index (χ1n) is 10.2. The summed E-state index contributed by atoms with van der Waals surface area (Å²) in [6.45, 7) is 7.21. The predicted octanol–water partition coefficient (Wildman–Crippen LogP) is 4.42. The number of hydrogen-bond acceptors (Lipinski definition) is 7. The summed E-state index contributed by atoms with van der Waals surface area (Å²) in [5.41, 5.74) is -0.0445. The van der Waals surface area contributed by atoms with Crippen LogP contribution >= 0.6 is 11.3 Å². The van der Waals surface area contributed by atoms with E-state index in [0.29, 0.717) is 17.2 Å². The number of fused-ring (bicyclic) bond motifs is 1. The van der Waals surface area contributed by atoms with Gasteiger partial charge in [-0.2, -0.15) is 0 Å². The second kappa shape index (κ2) is 9.50. The zero-order valence-corrected chi connectivity index (χ0v) is 20.6. The first kappa shape index (κ1) is 24.7. The lowest BCUT2D eigenvalue weighted by molar-refractivity contribution is 0.0532. The fourth-order valence-corrected chi connectivity index (χ4v) is 5.66. The third kappa shape index (κ3) is 5.89. The third-order valence-electron chi connectivity index (χ3n) is 4.41. The van der Waals surface area contributed by atoms with E-state index in [4.69, 9.17) is 9.47 Å². The molecule has 8 nitrogen and oxygen atoms in total. The van der Waals surface area contributed by atoms with Gasteiger partial charge in [-0.3, -0.25) is 4.79 Å². The van der Waals surface area contributed by atoms with Crippen LogP contribution in [-0.4, -0.2) is 39.5 Å². The molecule has 0 fully saturated rings. The summed E-state index contributed by atoms with van der Waals surface area (Å²) in [4.78, 5) is 25.2. The topological polar surface area (TPSA) is 111 Å². The number of benzene rings is 2. The lowest BCUT2D eigenvalue weighted by Crippen LogP contribution is -2.40. The van der Waals surface area contributed by atoms with Crippen LogP contribution in [0, 0.1) is 0 Å². The molecule has 0 aliphatic heterocycles. The summed E-state index contributed by atoms with van der Waals surface area (Å²) in [6.07, 6.45) is 0. The monoisotopic (exact) mass is 490 g/mol. The van der Waals surface area contributed by atoms with Crippen LogP contribution in [0.15, 0.2) is 47.4 Å². The normalized spacial score (nSPS) is 11.9. The van der Waals surface area contributed by atoms with Gasteiger partial charge in [-0.25, -0.2) is 17.9 Å². The van der Waals surface area contributed by atoms with E-state index in [1.165, 1.54) is 36.6 Å². The molecular weight excluding hydrogens is 464 g/mol. The molecule has 0 saturated heterocycles. The van der Waals surface area contributed by atoms with E-state index in [-0.39, 0.29) is 22.2 Å². The lowest BCUT2D eigenvalue weighted by Gasteiger charge is -2.21. The lowest BCUT2D eigenvalue weighted by atomic mass is 10.1. The summed E-state index contributed by atoms with van der Waals surface area (Å²) in [7, 11) is -2.56. The van der Waals surface area contributed by atoms with E-state index < -0.39 is 21.5 Å². The van der Waals surface area contributed by atoms with Gasteiger partial charge in [0.25, 0.3) is 5.91 Å². The highest BCUT2D eigenvalue weighted by molar-refractivity contribution is 7.89. The highest BCUT2D eigenvalue weighted by Gasteiger charge is 2.26. The molecule has 33 heavy (non-hydrogen) atoms. The Balaban J connectivity index is 1.88. The highest BCUT2D eigenvalue weighted by Crippen LogP contribution is 2.30. The van der Waals surface area contributed by atoms with Crippen molar-refractivity contribution in [2.24, 2.45) is 0 Å². The molecule has 1 aromatic heterocycles. The Morgan fingerprint density at radius 2 is 1.79 bits per heavy atom. The van der Waals surface area contributed by atoms with Crippen LogP contribution in [0.3, 0.4) is 0 Å². The average molecular weight is 491 g/mol. The van der Waals surface area contributed by atoms with E-state index in [0.717, 1.165) is 10.1 Å². The summed E-state index contributed by atoms with van der Waals surface area (Å²) in [6, 6.07) is 11.2. The highest BCUT2D eigenvalue weighted by atomic mass is 32.2. The quantitative estimate of drug-likeness (QED) is 0.475. The SMILES string of the molecule is CCOC(=O)c1cc2cc(NC(=O)c3ccc(OC)c(S(=O)(=O)NC(C)(C)C)c3)ccc2s1. The van der Waals surface area contributed by atoms with Crippen LogP contribution in [0.4, 0.5) is 5.69 Å². The van der Waals surface area contributed by atoms with Gasteiger partial charge in [0.2, 0.25) is 10.0 Å². The van der Waals surface area contributed by atoms with Crippen molar-refractivity contribution in [3.63, 3.8) is 0 Å². The van der Waals surface area contributed by atoms with Gasteiger partial charge in [-0.15, -0.1) is 11.3 Å². The molecule has 0 saturated carbocycles. The minimum atomic E-state index is -3.93. The summed E-state index contributed by atoms with van der Waals surface area (Å²) >= 11 is 1.31. The zero-order chi connectivity index (χ0) is 24.4. The van der Waals surface area contributed by atoms with Crippen molar-refractivity contribution in [2.45, 2.75) is 38.1 Å². The zero-order valence-electron chi connectivity index (χ0n) is 19.0. The van der Waals surface area contributed by atoms with E-state index in [9.17, 15) is 18.0 Å². The molecule has 0 aliphatic carbocycles. The van der Waals surface area contributed by atoms with Crippen molar-refractivity contribution in [1.29, 1.82) is 0 Å². The standard InChI is InChI=1S/C23H26N2O6S2/c1-6-31-22(27)19-12-15-11-16(8-10-18(15)32-19)24-21(26)14-7-9-17(30-5)20(13-14)33(28,29)25-23(2,3)4/h7-13,25H,6H2,1-5H3,(H,24,26). The van der Waals surface area contributed by atoms with E-state index >= 15 is 0 Å². The van der Waals surface area contributed by atoms with Gasteiger partial charge >= 0.3 is 5.97 Å². The molecule has 2 N–H and O–H groups in total. The van der Waals surface area contributed by atoms with Gasteiger partial charge in [0.15, 0.2) is 0 Å². The Kier molecular flexibility index (Phi) is 7.11. The molecule has 0 bridgehead atoms. The number of hydrogen-bond donors (Lipinski definition) is 2. The van der Waals surface area contributed by atoms with Gasteiger partial charge < -0.3 is 14.8 Å². The van der Waals surface area contributed by atoms with Crippen molar-refractivity contribution in [1.82, 2.24) is 4.72 Å². The van der Waals surface area contributed by atoms with E-state index in [1.54, 1.807) is 52.0 Å². The Morgan fingerprint density at radius 1 is 1.06 bits per heavy atom. The number of carbonyl (C=O) groups excluding carboxylic acids is 2. The van der Waals surface area contributed by atoms with Crippen molar-refractivity contribution >= 4 is 49.0 Å². The molecule has 3 rings (SSSR count). The number of carbonyl (C=O) groups is 2. The maximum atomic E-state index is 12.9. The van der Waals surface area contributed by atoms with Crippen molar-refractivity contribution in [2.75, 3.05) is 19.0 Å². The smallest absolute Gasteiger partial charge is 0.348 e. The van der Waals surface area contributed by atoms with Gasteiger partial charge in [0, 0.05) is 21.5 Å². The van der Waals surface area contributed by atoms with Gasteiger partial charge in [-0.05, 0) is 75.5 Å². The average Bonchev–Trinajstić information content (AvgIpc) is 3.15. The molecule has 2 aromatic carbocycles. The van der Waals surface area contributed by atoms with Crippen LogP contribution in [0.2, 0.25) is 0 Å². The number of ether oxygens (including phenoxy) is 2. The Hall–Kier alpha value is -2.95. The summed E-state index contributed by atoms with van der Waals surface area (Å²) < 4.78 is 39.4. The Labute approximate surface area is 197 Å². The first-order chi connectivity index (χ1) is 15.4. The minimum absolute atomic E-state index is 0.125. The number of sulfonamides is 1. The summed E-state index contributed by atoms with van der Waals surface area (Å²) in [5.74, 6) is -0.736. The number of esters is 1. The predicted molar refractivity (Wildman–Crippen MR) is 129 cm³/mol. The second-order valence-electron chi connectivity index (χ2n) is 8.26. The van der Waals surface area contributed by atoms with E-state index in [1.807, 2.05) is 0 Å². The largest absolute Gasteiger partial charge is 0.495 e. The number of amides is 1. The van der Waals surface area contributed by atoms with Crippen LogP contribution in [0.25, 0.3) is 10.1 Å². The molecule has 0 radical (unpaired) electrons. The third-order valence-corrected chi connectivity index (χ3v) is 7.28. The Morgan fingerprint density at radius 3 is 2.42 bits per heavy atom. The fourth-order valence-electron chi connectivity index (χ4n) is 3.11. The fraction of sp³-hybridized carbons (Fsp3) is 0.304. The maximum Gasteiger partial charge on any atom is 0.348 e. The van der Waals surface area contributed by atoms with Crippen LogP contribution in [0.1, 0.15) is 47.7 Å². The molecule has 10 heteroatoms. The van der Waals surface area contributed by atoms with Crippen LogP contribution in [0.5, 0.6) is 5.75 Å². The van der Waals surface area contributed by atoms with Gasteiger partial charge in [0.05, 0.1) is 13.7 Å². The molecule has 1 heterocycles. The minimum Gasteiger partial charge on any atom is -0.495 e. The van der Waals surface area contributed by atoms with Crippen LogP contribution in [-0.2, 0) is 14.8 Å². The van der Waals surface area contributed by atoms with Crippen LogP contribution < -0.4 is 14.8 Å². The Bertz CT molecular complexity index is 1310. The number of anilines is 1. The number of rotatable bonds is 7. The van der Waals surface area contributed by atoms with E-state index in [2.05, 4.69) is 10.0 Å². The number of methoxy groups -OCH3 is 1.